The van der Waals surface area contributed by atoms with Gasteiger partial charge < -0.3 is 4.42 Å². The molecule has 0 aliphatic heterocycles. The summed E-state index contributed by atoms with van der Waals surface area (Å²) in [6.45, 7) is 4.66. The van der Waals surface area contributed by atoms with Crippen molar-refractivity contribution < 1.29 is 4.42 Å². The molecular formula is C34H23NOS. The molecule has 7 aromatic rings. The molecule has 0 amide bonds. The van der Waals surface area contributed by atoms with Gasteiger partial charge >= 0.3 is 0 Å². The second-order valence-electron chi connectivity index (χ2n) is 10.4. The van der Waals surface area contributed by atoms with Crippen molar-refractivity contribution in [1.82, 2.24) is 4.98 Å². The molecule has 0 radical (unpaired) electrons. The summed E-state index contributed by atoms with van der Waals surface area (Å²) >= 11 is 1.89. The summed E-state index contributed by atoms with van der Waals surface area (Å²) in [6.07, 6.45) is 0. The van der Waals surface area contributed by atoms with E-state index >= 15 is 0 Å². The van der Waals surface area contributed by atoms with Gasteiger partial charge in [0.1, 0.15) is 5.52 Å². The lowest BCUT2D eigenvalue weighted by Gasteiger charge is -2.22. The van der Waals surface area contributed by atoms with Crippen LogP contribution in [0.25, 0.3) is 65.0 Å². The Balaban J connectivity index is 1.27. The van der Waals surface area contributed by atoms with Crippen molar-refractivity contribution >= 4 is 42.6 Å². The van der Waals surface area contributed by atoms with Crippen LogP contribution in [0.15, 0.2) is 108 Å². The highest BCUT2D eigenvalue weighted by atomic mass is 32.1. The summed E-state index contributed by atoms with van der Waals surface area (Å²) in [6, 6.07) is 37.0. The van der Waals surface area contributed by atoms with Crippen LogP contribution in [-0.4, -0.2) is 4.98 Å². The second-order valence-corrected chi connectivity index (χ2v) is 11.5. The third kappa shape index (κ3) is 2.95. The Labute approximate surface area is 218 Å². The van der Waals surface area contributed by atoms with Crippen LogP contribution < -0.4 is 0 Å². The average Bonchev–Trinajstić information content (AvgIpc) is 3.59. The van der Waals surface area contributed by atoms with E-state index in [0.29, 0.717) is 5.89 Å². The zero-order valence-corrected chi connectivity index (χ0v) is 21.4. The van der Waals surface area contributed by atoms with Crippen molar-refractivity contribution in [3.05, 3.63) is 114 Å². The molecule has 0 unspecified atom stereocenters. The molecule has 0 fully saturated rings. The maximum absolute atomic E-state index is 6.09. The first-order chi connectivity index (χ1) is 18.1. The number of aromatic nitrogens is 1. The molecule has 2 aromatic heterocycles. The molecule has 0 bridgehead atoms. The van der Waals surface area contributed by atoms with Gasteiger partial charge in [0, 0.05) is 31.2 Å². The summed E-state index contributed by atoms with van der Waals surface area (Å²) in [5, 5.41) is 2.68. The number of hydrogen-bond donors (Lipinski definition) is 0. The van der Waals surface area contributed by atoms with Gasteiger partial charge in [0.05, 0.1) is 0 Å². The van der Waals surface area contributed by atoms with Crippen LogP contribution in [0.4, 0.5) is 0 Å². The monoisotopic (exact) mass is 493 g/mol. The van der Waals surface area contributed by atoms with Crippen molar-refractivity contribution in [2.24, 2.45) is 0 Å². The van der Waals surface area contributed by atoms with E-state index in [4.69, 9.17) is 9.40 Å². The lowest BCUT2D eigenvalue weighted by atomic mass is 9.81. The van der Waals surface area contributed by atoms with E-state index in [-0.39, 0.29) is 5.41 Å². The van der Waals surface area contributed by atoms with E-state index in [9.17, 15) is 0 Å². The summed E-state index contributed by atoms with van der Waals surface area (Å²) in [5.74, 6) is 0.674. The van der Waals surface area contributed by atoms with Crippen LogP contribution in [0.5, 0.6) is 0 Å². The maximum Gasteiger partial charge on any atom is 0.227 e. The number of nitrogens with zero attached hydrogens (tertiary/aromatic N) is 1. The van der Waals surface area contributed by atoms with Gasteiger partial charge in [0.25, 0.3) is 0 Å². The fourth-order valence-corrected chi connectivity index (χ4v) is 7.25. The number of fused-ring (bicyclic) bond motifs is 7. The molecule has 5 aromatic carbocycles. The van der Waals surface area contributed by atoms with Gasteiger partial charge in [-0.2, -0.15) is 0 Å². The number of hydrogen-bond acceptors (Lipinski definition) is 3. The van der Waals surface area contributed by atoms with Crippen LogP contribution in [0, 0.1) is 0 Å². The molecule has 3 heteroatoms. The van der Waals surface area contributed by atoms with Crippen LogP contribution in [-0.2, 0) is 5.41 Å². The zero-order valence-electron chi connectivity index (χ0n) is 20.6. The van der Waals surface area contributed by atoms with Crippen LogP contribution in [0.1, 0.15) is 25.0 Å². The van der Waals surface area contributed by atoms with Gasteiger partial charge in [-0.3, -0.25) is 0 Å². The van der Waals surface area contributed by atoms with E-state index < -0.39 is 0 Å². The lowest BCUT2D eigenvalue weighted by molar-refractivity contribution is 0.618. The number of thiophene rings is 1. The van der Waals surface area contributed by atoms with Crippen LogP contribution >= 0.6 is 11.3 Å². The molecule has 1 aliphatic carbocycles. The molecule has 0 atom stereocenters. The van der Waals surface area contributed by atoms with E-state index in [1.54, 1.807) is 0 Å². The number of rotatable bonds is 2. The van der Waals surface area contributed by atoms with Gasteiger partial charge in [-0.25, -0.2) is 4.98 Å². The second kappa shape index (κ2) is 7.41. The Morgan fingerprint density at radius 2 is 1.35 bits per heavy atom. The van der Waals surface area contributed by atoms with Crippen LogP contribution in [0.3, 0.4) is 0 Å². The third-order valence-electron chi connectivity index (χ3n) is 7.93. The summed E-state index contributed by atoms with van der Waals surface area (Å²) in [5.41, 5.74) is 10.5. The predicted octanol–water partition coefficient (Wildman–Crippen LogP) is 9.84. The minimum atomic E-state index is -0.128. The highest BCUT2D eigenvalue weighted by Gasteiger charge is 2.36. The highest BCUT2D eigenvalue weighted by molar-refractivity contribution is 7.26. The van der Waals surface area contributed by atoms with Crippen molar-refractivity contribution in [2.75, 3.05) is 0 Å². The first-order valence-corrected chi connectivity index (χ1v) is 13.5. The van der Waals surface area contributed by atoms with Gasteiger partial charge in [0.2, 0.25) is 5.89 Å². The van der Waals surface area contributed by atoms with Crippen molar-refractivity contribution in [1.29, 1.82) is 0 Å². The molecule has 37 heavy (non-hydrogen) atoms. The smallest absolute Gasteiger partial charge is 0.227 e. The summed E-state index contributed by atoms with van der Waals surface area (Å²) in [7, 11) is 0. The minimum Gasteiger partial charge on any atom is -0.436 e. The predicted molar refractivity (Wildman–Crippen MR) is 155 cm³/mol. The fraction of sp³-hybridized carbons (Fsp3) is 0.0882. The van der Waals surface area contributed by atoms with Gasteiger partial charge in [-0.1, -0.05) is 80.6 Å². The Kier molecular flexibility index (Phi) is 4.19. The standard InChI is InChI=1S/C34H23NOS/c1-34(2)27-18-20(22-9-7-10-26-25-8-3-6-13-31(25)37-32(22)26)14-16-23(27)24-17-15-21(19-28(24)34)33-35-29-11-4-5-12-30(29)36-33/h3-19H,1-2H3. The number of oxazole rings is 1. The van der Waals surface area contributed by atoms with E-state index in [2.05, 4.69) is 92.7 Å². The van der Waals surface area contributed by atoms with E-state index in [0.717, 1.165) is 16.7 Å². The van der Waals surface area contributed by atoms with Gasteiger partial charge in [0.15, 0.2) is 5.58 Å². The van der Waals surface area contributed by atoms with E-state index in [1.165, 1.54) is 53.6 Å². The molecule has 1 aliphatic rings. The van der Waals surface area contributed by atoms with Crippen molar-refractivity contribution in [2.45, 2.75) is 19.3 Å². The molecule has 0 N–H and O–H groups in total. The Hall–Kier alpha value is -4.21. The quantitative estimate of drug-likeness (QED) is 0.239. The summed E-state index contributed by atoms with van der Waals surface area (Å²) in [4.78, 5) is 4.74. The highest BCUT2D eigenvalue weighted by Crippen LogP contribution is 2.51. The first-order valence-electron chi connectivity index (χ1n) is 12.6. The fourth-order valence-electron chi connectivity index (χ4n) is 6.01. The summed E-state index contributed by atoms with van der Waals surface area (Å²) < 4.78 is 8.79. The van der Waals surface area contributed by atoms with E-state index in [1.807, 2.05) is 35.6 Å². The molecule has 0 saturated heterocycles. The van der Waals surface area contributed by atoms with Crippen molar-refractivity contribution in [3.8, 4) is 33.7 Å². The Morgan fingerprint density at radius 1 is 0.649 bits per heavy atom. The van der Waals surface area contributed by atoms with Gasteiger partial charge in [-0.15, -0.1) is 11.3 Å². The minimum absolute atomic E-state index is 0.128. The SMILES string of the molecule is CC1(C)c2cc(-c3nc4ccccc4o3)ccc2-c2ccc(-c3cccc4c3sc3ccccc34)cc21. The molecule has 176 valence electrons. The average molecular weight is 494 g/mol. The molecule has 8 rings (SSSR count). The zero-order chi connectivity index (χ0) is 24.7. The molecule has 2 heterocycles. The number of para-hydroxylation sites is 2. The normalized spacial score (nSPS) is 13.9. The first kappa shape index (κ1) is 20.9. The Bertz CT molecular complexity index is 1990. The topological polar surface area (TPSA) is 26.0 Å². The van der Waals surface area contributed by atoms with Crippen molar-refractivity contribution in [3.63, 3.8) is 0 Å². The molecular weight excluding hydrogens is 470 g/mol. The maximum atomic E-state index is 6.09. The molecule has 2 nitrogen and oxygen atoms in total. The third-order valence-corrected chi connectivity index (χ3v) is 9.15. The lowest BCUT2D eigenvalue weighted by Crippen LogP contribution is -2.15. The Morgan fingerprint density at radius 3 is 2.19 bits per heavy atom. The van der Waals surface area contributed by atoms with Crippen LogP contribution in [0.2, 0.25) is 0 Å². The largest absolute Gasteiger partial charge is 0.436 e. The molecule has 0 saturated carbocycles. The van der Waals surface area contributed by atoms with Gasteiger partial charge in [-0.05, 0) is 69.8 Å². The molecule has 0 spiro atoms. The number of benzene rings is 5.